The van der Waals surface area contributed by atoms with Crippen molar-refractivity contribution in [3.8, 4) is 0 Å². The molecule has 2 fully saturated rings. The average Bonchev–Trinajstić information content (AvgIpc) is 2.16. The number of rotatable bonds is 1. The van der Waals surface area contributed by atoms with Gasteiger partial charge in [-0.05, 0) is 27.7 Å². The molecule has 0 aromatic rings. The van der Waals surface area contributed by atoms with Crippen LogP contribution in [0.3, 0.4) is 0 Å². The van der Waals surface area contributed by atoms with E-state index in [0.717, 1.165) is 12.8 Å². The lowest BCUT2D eigenvalue weighted by Crippen LogP contribution is -2.58. The lowest BCUT2D eigenvalue weighted by Gasteiger charge is -2.43. The van der Waals surface area contributed by atoms with Crippen molar-refractivity contribution in [2.45, 2.75) is 51.6 Å². The van der Waals surface area contributed by atoms with E-state index in [1.165, 1.54) is 5.71 Å². The van der Waals surface area contributed by atoms with Gasteiger partial charge in [-0.1, -0.05) is 0 Å². The Morgan fingerprint density at radius 2 is 1.53 bits per heavy atom. The molecule has 2 aliphatic heterocycles. The maximum absolute atomic E-state index is 11.4. The standard InChI is InChI=1S/C13H25N3O2S/c1-12(2)9-11(10-13(3,4)15-12)14-16-5-7-19(17,18)8-6-16/h15H,5-10H2,1-4H3. The molecule has 2 rings (SSSR count). The summed E-state index contributed by atoms with van der Waals surface area (Å²) in [7, 11) is -2.83. The van der Waals surface area contributed by atoms with Crippen LogP contribution in [-0.4, -0.2) is 54.8 Å². The summed E-state index contributed by atoms with van der Waals surface area (Å²) in [4.78, 5) is 0. The Morgan fingerprint density at radius 3 is 2.00 bits per heavy atom. The van der Waals surface area contributed by atoms with Crippen molar-refractivity contribution in [3.63, 3.8) is 0 Å². The minimum Gasteiger partial charge on any atom is -0.306 e. The molecule has 0 aromatic carbocycles. The molecule has 0 unspecified atom stereocenters. The van der Waals surface area contributed by atoms with Crippen LogP contribution in [0.1, 0.15) is 40.5 Å². The Kier molecular flexibility index (Phi) is 3.68. The molecule has 2 heterocycles. The van der Waals surface area contributed by atoms with Gasteiger partial charge in [0.2, 0.25) is 0 Å². The van der Waals surface area contributed by atoms with Crippen LogP contribution >= 0.6 is 0 Å². The van der Waals surface area contributed by atoms with Gasteiger partial charge < -0.3 is 5.32 Å². The second-order valence-electron chi connectivity index (χ2n) is 7.02. The van der Waals surface area contributed by atoms with Crippen LogP contribution in [0.5, 0.6) is 0 Å². The number of nitrogens with one attached hydrogen (secondary N) is 1. The van der Waals surface area contributed by atoms with Crippen molar-refractivity contribution in [3.05, 3.63) is 0 Å². The summed E-state index contributed by atoms with van der Waals surface area (Å²) in [5.74, 6) is 0.462. The van der Waals surface area contributed by atoms with Gasteiger partial charge in [-0.3, -0.25) is 5.01 Å². The highest BCUT2D eigenvalue weighted by atomic mass is 32.2. The SMILES string of the molecule is CC1(C)CC(=NN2CCS(=O)(=O)CC2)CC(C)(C)N1. The Hall–Kier alpha value is -0.620. The number of hydrogen-bond donors (Lipinski definition) is 1. The normalized spacial score (nSPS) is 29.1. The van der Waals surface area contributed by atoms with E-state index in [0.29, 0.717) is 13.1 Å². The average molecular weight is 287 g/mol. The van der Waals surface area contributed by atoms with Crippen molar-refractivity contribution < 1.29 is 8.42 Å². The highest BCUT2D eigenvalue weighted by molar-refractivity contribution is 7.91. The van der Waals surface area contributed by atoms with E-state index in [9.17, 15) is 8.42 Å². The van der Waals surface area contributed by atoms with Gasteiger partial charge in [-0.25, -0.2) is 8.42 Å². The maximum atomic E-state index is 11.4. The fourth-order valence-electron chi connectivity index (χ4n) is 3.16. The van der Waals surface area contributed by atoms with Crippen molar-refractivity contribution in [2.24, 2.45) is 5.10 Å². The monoisotopic (exact) mass is 287 g/mol. The molecule has 0 aromatic heterocycles. The minimum absolute atomic E-state index is 0.0441. The summed E-state index contributed by atoms with van der Waals surface area (Å²) < 4.78 is 22.8. The molecule has 0 radical (unpaired) electrons. The number of hydrogen-bond acceptors (Lipinski definition) is 5. The van der Waals surface area contributed by atoms with Gasteiger partial charge in [-0.2, -0.15) is 5.10 Å². The van der Waals surface area contributed by atoms with Gasteiger partial charge in [0.05, 0.1) is 24.6 Å². The second kappa shape index (κ2) is 4.74. The van der Waals surface area contributed by atoms with E-state index >= 15 is 0 Å². The Morgan fingerprint density at radius 1 is 1.05 bits per heavy atom. The van der Waals surface area contributed by atoms with E-state index in [-0.39, 0.29) is 22.6 Å². The van der Waals surface area contributed by atoms with Crippen molar-refractivity contribution in [1.82, 2.24) is 10.3 Å². The summed E-state index contributed by atoms with van der Waals surface area (Å²) in [5, 5.41) is 10.2. The van der Waals surface area contributed by atoms with E-state index in [1.807, 2.05) is 5.01 Å². The highest BCUT2D eigenvalue weighted by Gasteiger charge is 2.36. The lowest BCUT2D eigenvalue weighted by molar-refractivity contribution is 0.242. The van der Waals surface area contributed by atoms with Crippen LogP contribution in [-0.2, 0) is 9.84 Å². The van der Waals surface area contributed by atoms with Gasteiger partial charge in [0, 0.05) is 29.6 Å². The Bertz CT molecular complexity index is 448. The number of sulfone groups is 1. The van der Waals surface area contributed by atoms with E-state index < -0.39 is 9.84 Å². The number of hydrazone groups is 1. The van der Waals surface area contributed by atoms with E-state index in [4.69, 9.17) is 5.10 Å². The van der Waals surface area contributed by atoms with Gasteiger partial charge >= 0.3 is 0 Å². The molecule has 0 bridgehead atoms. The smallest absolute Gasteiger partial charge is 0.153 e. The molecule has 19 heavy (non-hydrogen) atoms. The molecule has 110 valence electrons. The first-order valence-corrected chi connectivity index (χ1v) is 8.70. The molecule has 0 amide bonds. The van der Waals surface area contributed by atoms with Crippen molar-refractivity contribution in [1.29, 1.82) is 0 Å². The molecular weight excluding hydrogens is 262 g/mol. The summed E-state index contributed by atoms with van der Waals surface area (Å²) in [6.07, 6.45) is 1.83. The van der Waals surface area contributed by atoms with Crippen LogP contribution in [0.25, 0.3) is 0 Å². The summed E-state index contributed by atoms with van der Waals surface area (Å²) in [6.45, 7) is 9.79. The number of piperidine rings is 1. The summed E-state index contributed by atoms with van der Waals surface area (Å²) in [5.41, 5.74) is 1.26. The fraction of sp³-hybridized carbons (Fsp3) is 0.923. The Labute approximate surface area is 116 Å². The molecule has 2 aliphatic rings. The third-order valence-electron chi connectivity index (χ3n) is 3.57. The molecule has 1 N–H and O–H groups in total. The summed E-state index contributed by atoms with van der Waals surface area (Å²) in [6, 6.07) is 0. The Balaban J connectivity index is 2.07. The van der Waals surface area contributed by atoms with Crippen LogP contribution in [0, 0.1) is 0 Å². The minimum atomic E-state index is -2.83. The lowest BCUT2D eigenvalue weighted by atomic mass is 9.81. The summed E-state index contributed by atoms with van der Waals surface area (Å²) >= 11 is 0. The third-order valence-corrected chi connectivity index (χ3v) is 5.18. The molecule has 0 saturated carbocycles. The molecule has 5 nitrogen and oxygen atoms in total. The van der Waals surface area contributed by atoms with Gasteiger partial charge in [0.1, 0.15) is 0 Å². The molecule has 2 saturated heterocycles. The zero-order chi connectivity index (χ0) is 14.3. The van der Waals surface area contributed by atoms with Gasteiger partial charge in [0.15, 0.2) is 9.84 Å². The third kappa shape index (κ3) is 4.18. The predicted octanol–water partition coefficient (Wildman–Crippen LogP) is 1.01. The highest BCUT2D eigenvalue weighted by Crippen LogP contribution is 2.27. The first-order valence-electron chi connectivity index (χ1n) is 6.88. The molecule has 6 heteroatoms. The zero-order valence-corrected chi connectivity index (χ0v) is 13.2. The second-order valence-corrected chi connectivity index (χ2v) is 9.32. The van der Waals surface area contributed by atoms with Crippen LogP contribution in [0.2, 0.25) is 0 Å². The quantitative estimate of drug-likeness (QED) is 0.782. The van der Waals surface area contributed by atoms with Crippen LogP contribution in [0.4, 0.5) is 0 Å². The maximum Gasteiger partial charge on any atom is 0.153 e. The van der Waals surface area contributed by atoms with E-state index in [1.54, 1.807) is 0 Å². The zero-order valence-electron chi connectivity index (χ0n) is 12.4. The van der Waals surface area contributed by atoms with Crippen LogP contribution in [0.15, 0.2) is 5.10 Å². The van der Waals surface area contributed by atoms with Gasteiger partial charge in [-0.15, -0.1) is 0 Å². The fourth-order valence-corrected chi connectivity index (χ4v) is 4.34. The first kappa shape index (κ1) is 14.8. The van der Waals surface area contributed by atoms with Gasteiger partial charge in [0.25, 0.3) is 0 Å². The topological polar surface area (TPSA) is 61.8 Å². The first-order chi connectivity index (χ1) is 8.57. The number of nitrogens with zero attached hydrogens (tertiary/aromatic N) is 2. The van der Waals surface area contributed by atoms with Crippen molar-refractivity contribution in [2.75, 3.05) is 24.6 Å². The molecule has 0 spiro atoms. The molecule has 0 atom stereocenters. The largest absolute Gasteiger partial charge is 0.306 e. The van der Waals surface area contributed by atoms with Crippen LogP contribution < -0.4 is 5.32 Å². The predicted molar refractivity (Wildman–Crippen MR) is 78.2 cm³/mol. The molecule has 0 aliphatic carbocycles. The molecular formula is C13H25N3O2S. The van der Waals surface area contributed by atoms with E-state index in [2.05, 4.69) is 33.0 Å². The van der Waals surface area contributed by atoms with Crippen molar-refractivity contribution >= 4 is 15.5 Å².